The van der Waals surface area contributed by atoms with E-state index in [1.54, 1.807) is 24.4 Å². The molecular formula is C21H20N2O4. The fraction of sp³-hybridized carbons (Fsp3) is 0.190. The molecule has 1 N–H and O–H groups in total. The lowest BCUT2D eigenvalue weighted by atomic mass is 10.0. The number of rotatable bonds is 6. The van der Waals surface area contributed by atoms with Crippen LogP contribution in [0.25, 0.3) is 11.0 Å². The van der Waals surface area contributed by atoms with Crippen LogP contribution in [0.15, 0.2) is 68.9 Å². The van der Waals surface area contributed by atoms with Gasteiger partial charge in [0.2, 0.25) is 0 Å². The molecule has 3 aromatic rings. The number of hydrazone groups is 1. The molecule has 6 heteroatoms. The van der Waals surface area contributed by atoms with Crippen molar-refractivity contribution in [3.8, 4) is 5.75 Å². The summed E-state index contributed by atoms with van der Waals surface area (Å²) in [7, 11) is 0. The average molecular weight is 364 g/mol. The number of benzene rings is 2. The van der Waals surface area contributed by atoms with Crippen LogP contribution in [0.3, 0.4) is 0 Å². The van der Waals surface area contributed by atoms with Gasteiger partial charge in [-0.15, -0.1) is 0 Å². The van der Waals surface area contributed by atoms with Crippen LogP contribution >= 0.6 is 0 Å². The first kappa shape index (κ1) is 18.4. The second-order valence-electron chi connectivity index (χ2n) is 6.21. The highest BCUT2D eigenvalue weighted by Gasteiger charge is 2.06. The Labute approximate surface area is 156 Å². The molecule has 2 aromatic carbocycles. The van der Waals surface area contributed by atoms with Crippen molar-refractivity contribution in [3.63, 3.8) is 0 Å². The number of hydrogen-bond acceptors (Lipinski definition) is 5. The van der Waals surface area contributed by atoms with E-state index >= 15 is 0 Å². The SMILES string of the molecule is Cc1cc(=O)oc2cc(OCC(=O)N/N=C\[C@H](C)c3ccccc3)ccc12. The highest BCUT2D eigenvalue weighted by Crippen LogP contribution is 2.22. The van der Waals surface area contributed by atoms with Crippen molar-refractivity contribution in [2.24, 2.45) is 5.10 Å². The predicted molar refractivity (Wildman–Crippen MR) is 104 cm³/mol. The second-order valence-corrected chi connectivity index (χ2v) is 6.21. The Kier molecular flexibility index (Phi) is 5.66. The second kappa shape index (κ2) is 8.31. The highest BCUT2D eigenvalue weighted by atomic mass is 16.5. The Morgan fingerprint density at radius 3 is 2.78 bits per heavy atom. The maximum atomic E-state index is 11.9. The van der Waals surface area contributed by atoms with Crippen LogP contribution in [-0.4, -0.2) is 18.7 Å². The van der Waals surface area contributed by atoms with Gasteiger partial charge >= 0.3 is 5.63 Å². The Bertz CT molecular complexity index is 1030. The van der Waals surface area contributed by atoms with Gasteiger partial charge in [0, 0.05) is 29.7 Å². The van der Waals surface area contributed by atoms with Crippen LogP contribution in [0.2, 0.25) is 0 Å². The summed E-state index contributed by atoms with van der Waals surface area (Å²) in [6.45, 7) is 3.63. The van der Waals surface area contributed by atoms with Crippen LogP contribution in [-0.2, 0) is 4.79 Å². The lowest BCUT2D eigenvalue weighted by Gasteiger charge is -2.07. The number of nitrogens with zero attached hydrogens (tertiary/aromatic N) is 1. The molecular weight excluding hydrogens is 344 g/mol. The highest BCUT2D eigenvalue weighted by molar-refractivity contribution is 5.82. The molecule has 0 fully saturated rings. The number of hydrogen-bond donors (Lipinski definition) is 1. The third-order valence-electron chi connectivity index (χ3n) is 4.11. The molecule has 1 aromatic heterocycles. The van der Waals surface area contributed by atoms with E-state index in [2.05, 4.69) is 10.5 Å². The molecule has 0 spiro atoms. The lowest BCUT2D eigenvalue weighted by Crippen LogP contribution is -2.24. The van der Waals surface area contributed by atoms with Crippen LogP contribution < -0.4 is 15.8 Å². The topological polar surface area (TPSA) is 80.9 Å². The molecule has 6 nitrogen and oxygen atoms in total. The van der Waals surface area contributed by atoms with E-state index in [0.29, 0.717) is 11.3 Å². The maximum absolute atomic E-state index is 11.9. The molecule has 0 aliphatic rings. The van der Waals surface area contributed by atoms with E-state index in [4.69, 9.17) is 9.15 Å². The summed E-state index contributed by atoms with van der Waals surface area (Å²) < 4.78 is 10.6. The largest absolute Gasteiger partial charge is 0.484 e. The quantitative estimate of drug-likeness (QED) is 0.413. The van der Waals surface area contributed by atoms with Crippen LogP contribution in [0, 0.1) is 6.92 Å². The van der Waals surface area contributed by atoms with Gasteiger partial charge in [-0.2, -0.15) is 5.10 Å². The van der Waals surface area contributed by atoms with Gasteiger partial charge in [0.05, 0.1) is 0 Å². The van der Waals surface area contributed by atoms with Crippen molar-refractivity contribution in [2.75, 3.05) is 6.61 Å². The number of fused-ring (bicyclic) bond motifs is 1. The summed E-state index contributed by atoms with van der Waals surface area (Å²) in [5.41, 5.74) is 4.38. The van der Waals surface area contributed by atoms with E-state index < -0.39 is 5.63 Å². The lowest BCUT2D eigenvalue weighted by molar-refractivity contribution is -0.123. The fourth-order valence-corrected chi connectivity index (χ4v) is 2.64. The van der Waals surface area contributed by atoms with Gasteiger partial charge in [-0.1, -0.05) is 37.3 Å². The van der Waals surface area contributed by atoms with Gasteiger partial charge in [0.1, 0.15) is 11.3 Å². The van der Waals surface area contributed by atoms with Gasteiger partial charge in [-0.3, -0.25) is 4.79 Å². The van der Waals surface area contributed by atoms with Crippen LogP contribution in [0.5, 0.6) is 5.75 Å². The first-order valence-corrected chi connectivity index (χ1v) is 8.57. The van der Waals surface area contributed by atoms with Crippen LogP contribution in [0.1, 0.15) is 24.0 Å². The van der Waals surface area contributed by atoms with Crippen molar-refractivity contribution in [1.82, 2.24) is 5.43 Å². The summed E-state index contributed by atoms with van der Waals surface area (Å²) in [6.07, 6.45) is 1.67. The normalized spacial score (nSPS) is 12.2. The third kappa shape index (κ3) is 4.82. The smallest absolute Gasteiger partial charge is 0.336 e. The molecule has 1 atom stereocenters. The van der Waals surface area contributed by atoms with Gasteiger partial charge in [-0.05, 0) is 30.2 Å². The molecule has 138 valence electrons. The molecule has 0 saturated heterocycles. The Hall–Kier alpha value is -3.41. The number of carbonyl (C=O) groups is 1. The summed E-state index contributed by atoms with van der Waals surface area (Å²) in [6, 6.07) is 16.4. The predicted octanol–water partition coefficient (Wildman–Crippen LogP) is 3.39. The molecule has 0 radical (unpaired) electrons. The summed E-state index contributed by atoms with van der Waals surface area (Å²) in [5.74, 6) is 0.143. The summed E-state index contributed by atoms with van der Waals surface area (Å²) in [5, 5.41) is 4.79. The molecule has 0 aliphatic carbocycles. The first-order chi connectivity index (χ1) is 13.0. The number of ether oxygens (including phenoxy) is 1. The van der Waals surface area contributed by atoms with E-state index in [1.807, 2.05) is 44.2 Å². The Morgan fingerprint density at radius 1 is 1.22 bits per heavy atom. The van der Waals surface area contributed by atoms with E-state index in [0.717, 1.165) is 16.5 Å². The van der Waals surface area contributed by atoms with Gasteiger partial charge in [-0.25, -0.2) is 10.2 Å². The zero-order valence-electron chi connectivity index (χ0n) is 15.1. The molecule has 0 bridgehead atoms. The zero-order valence-corrected chi connectivity index (χ0v) is 15.1. The van der Waals surface area contributed by atoms with Crippen LogP contribution in [0.4, 0.5) is 0 Å². The minimum atomic E-state index is -0.420. The van der Waals surface area contributed by atoms with E-state index in [-0.39, 0.29) is 18.4 Å². The number of nitrogens with one attached hydrogen (secondary N) is 1. The molecule has 3 rings (SSSR count). The number of aryl methyl sites for hydroxylation is 1. The third-order valence-corrected chi connectivity index (χ3v) is 4.11. The van der Waals surface area contributed by atoms with Crippen molar-refractivity contribution < 1.29 is 13.9 Å². The van der Waals surface area contributed by atoms with Crippen molar-refractivity contribution in [1.29, 1.82) is 0 Å². The molecule has 0 aliphatic heterocycles. The molecule has 0 unspecified atom stereocenters. The van der Waals surface area contributed by atoms with E-state index in [1.165, 1.54) is 6.07 Å². The molecule has 0 saturated carbocycles. The molecule has 1 heterocycles. The van der Waals surface area contributed by atoms with Gasteiger partial charge in [0.25, 0.3) is 5.91 Å². The Balaban J connectivity index is 1.55. The average Bonchev–Trinajstić information content (AvgIpc) is 2.66. The minimum absolute atomic E-state index is 0.0824. The maximum Gasteiger partial charge on any atom is 0.336 e. The van der Waals surface area contributed by atoms with Crippen molar-refractivity contribution in [2.45, 2.75) is 19.8 Å². The zero-order chi connectivity index (χ0) is 19.2. The number of amides is 1. The van der Waals surface area contributed by atoms with E-state index in [9.17, 15) is 9.59 Å². The Morgan fingerprint density at radius 2 is 2.00 bits per heavy atom. The molecule has 1 amide bonds. The first-order valence-electron chi connectivity index (χ1n) is 8.57. The summed E-state index contributed by atoms with van der Waals surface area (Å²) in [4.78, 5) is 23.4. The van der Waals surface area contributed by atoms with Gasteiger partial charge < -0.3 is 9.15 Å². The summed E-state index contributed by atoms with van der Waals surface area (Å²) >= 11 is 0. The monoisotopic (exact) mass is 364 g/mol. The standard InChI is InChI=1S/C21H20N2O4/c1-14-10-21(25)27-19-11-17(8-9-18(14)19)26-13-20(24)23-22-12-15(2)16-6-4-3-5-7-16/h3-12,15H,13H2,1-2H3,(H,23,24)/b22-12-/t15-/m0/s1. The minimum Gasteiger partial charge on any atom is -0.484 e. The molecule has 27 heavy (non-hydrogen) atoms. The number of carbonyl (C=O) groups excluding carboxylic acids is 1. The van der Waals surface area contributed by atoms with Gasteiger partial charge in [0.15, 0.2) is 6.61 Å². The van der Waals surface area contributed by atoms with Crippen molar-refractivity contribution in [3.05, 3.63) is 76.1 Å². The fourth-order valence-electron chi connectivity index (χ4n) is 2.64. The van der Waals surface area contributed by atoms with Crippen molar-refractivity contribution >= 4 is 23.1 Å².